The minimum Gasteiger partial charge on any atom is -0.462 e. The Bertz CT molecular complexity index is 839. The molecule has 2 aromatic rings. The summed E-state index contributed by atoms with van der Waals surface area (Å²) in [6, 6.07) is 2.76. The lowest BCUT2D eigenvalue weighted by Crippen LogP contribution is -2.24. The number of nitrogens with zero attached hydrogens (tertiary/aromatic N) is 1. The van der Waals surface area contributed by atoms with Crippen molar-refractivity contribution in [2.75, 3.05) is 6.61 Å². The van der Waals surface area contributed by atoms with Gasteiger partial charge in [-0.3, -0.25) is 4.79 Å². The zero-order valence-electron chi connectivity index (χ0n) is 12.3. The van der Waals surface area contributed by atoms with Crippen molar-refractivity contribution in [1.82, 2.24) is 4.57 Å². The lowest BCUT2D eigenvalue weighted by atomic mass is 10.1. The number of halogens is 2. The molecule has 1 aromatic heterocycles. The van der Waals surface area contributed by atoms with E-state index >= 15 is 0 Å². The lowest BCUT2D eigenvalue weighted by molar-refractivity contribution is 0.0524. The normalized spacial score (nSPS) is 15.8. The number of pyridine rings is 1. The van der Waals surface area contributed by atoms with Gasteiger partial charge in [0, 0.05) is 17.1 Å². The highest BCUT2D eigenvalue weighted by atomic mass is 79.9. The summed E-state index contributed by atoms with van der Waals surface area (Å²) in [5.74, 6) is -1.08. The molecule has 1 aliphatic carbocycles. The van der Waals surface area contributed by atoms with Crippen LogP contribution in [0.1, 0.15) is 37.0 Å². The predicted octanol–water partition coefficient (Wildman–Crippen LogP) is 3.59. The molecule has 1 saturated carbocycles. The van der Waals surface area contributed by atoms with Crippen LogP contribution in [-0.2, 0) is 10.3 Å². The lowest BCUT2D eigenvalue weighted by Gasteiger charge is -2.19. The van der Waals surface area contributed by atoms with Crippen molar-refractivity contribution in [3.8, 4) is 0 Å². The van der Waals surface area contributed by atoms with E-state index in [1.165, 1.54) is 18.3 Å². The molecule has 0 N–H and O–H groups in total. The predicted molar refractivity (Wildman–Crippen MR) is 84.7 cm³/mol. The molecule has 22 heavy (non-hydrogen) atoms. The Kier molecular flexibility index (Phi) is 3.59. The maximum Gasteiger partial charge on any atom is 0.343 e. The number of carbonyl (C=O) groups is 1. The molecule has 1 fully saturated rings. The summed E-state index contributed by atoms with van der Waals surface area (Å²) < 4.78 is 20.9. The van der Waals surface area contributed by atoms with Crippen molar-refractivity contribution in [2.24, 2.45) is 0 Å². The van der Waals surface area contributed by atoms with E-state index in [-0.39, 0.29) is 22.2 Å². The maximum absolute atomic E-state index is 13.9. The van der Waals surface area contributed by atoms with Gasteiger partial charge in [0.15, 0.2) is 0 Å². The van der Waals surface area contributed by atoms with Gasteiger partial charge in [-0.1, -0.05) is 0 Å². The molecule has 1 aliphatic rings. The molecule has 116 valence electrons. The smallest absolute Gasteiger partial charge is 0.343 e. The fraction of sp³-hybridized carbons (Fsp3) is 0.375. The Morgan fingerprint density at radius 2 is 2.14 bits per heavy atom. The molecule has 0 atom stereocenters. The number of ether oxygens (including phenoxy) is 1. The summed E-state index contributed by atoms with van der Waals surface area (Å²) in [6.45, 7) is 3.90. The first-order valence-electron chi connectivity index (χ1n) is 7.09. The average molecular weight is 368 g/mol. The van der Waals surface area contributed by atoms with Crippen LogP contribution in [0.25, 0.3) is 10.9 Å². The van der Waals surface area contributed by atoms with E-state index in [4.69, 9.17) is 4.74 Å². The summed E-state index contributed by atoms with van der Waals surface area (Å²) >= 11 is 3.09. The van der Waals surface area contributed by atoms with E-state index in [0.29, 0.717) is 10.9 Å². The molecule has 0 bridgehead atoms. The summed E-state index contributed by atoms with van der Waals surface area (Å²) in [7, 11) is 0. The van der Waals surface area contributed by atoms with Gasteiger partial charge in [0.25, 0.3) is 0 Å². The van der Waals surface area contributed by atoms with Crippen LogP contribution in [0.2, 0.25) is 0 Å². The highest BCUT2D eigenvalue weighted by molar-refractivity contribution is 9.10. The van der Waals surface area contributed by atoms with E-state index in [1.807, 2.05) is 11.5 Å². The molecule has 6 heteroatoms. The first kappa shape index (κ1) is 15.2. The summed E-state index contributed by atoms with van der Waals surface area (Å²) in [6.07, 6.45) is 3.35. The van der Waals surface area contributed by atoms with Crippen LogP contribution in [0, 0.1) is 5.82 Å². The first-order valence-corrected chi connectivity index (χ1v) is 7.89. The van der Waals surface area contributed by atoms with Gasteiger partial charge in [0.1, 0.15) is 11.4 Å². The van der Waals surface area contributed by atoms with E-state index < -0.39 is 17.2 Å². The van der Waals surface area contributed by atoms with Crippen LogP contribution in [-0.4, -0.2) is 17.1 Å². The SMILES string of the molecule is CCOC(=O)c1cn(C2(C)CC2)c2cc(F)c(Br)cc2c1=O. The van der Waals surface area contributed by atoms with E-state index in [0.717, 1.165) is 12.8 Å². The molecule has 0 amide bonds. The van der Waals surface area contributed by atoms with Gasteiger partial charge in [0.05, 0.1) is 16.6 Å². The van der Waals surface area contributed by atoms with Crippen LogP contribution in [0.5, 0.6) is 0 Å². The van der Waals surface area contributed by atoms with Gasteiger partial charge < -0.3 is 9.30 Å². The number of benzene rings is 1. The van der Waals surface area contributed by atoms with Crippen molar-refractivity contribution in [3.63, 3.8) is 0 Å². The Morgan fingerprint density at radius 3 is 2.73 bits per heavy atom. The Balaban J connectivity index is 2.36. The van der Waals surface area contributed by atoms with Crippen molar-refractivity contribution >= 4 is 32.8 Å². The third-order valence-corrected chi connectivity index (χ3v) is 4.70. The fourth-order valence-corrected chi connectivity index (χ4v) is 2.89. The molecule has 0 saturated heterocycles. The van der Waals surface area contributed by atoms with Gasteiger partial charge in [-0.25, -0.2) is 9.18 Å². The average Bonchev–Trinajstić information content (AvgIpc) is 3.20. The monoisotopic (exact) mass is 367 g/mol. The van der Waals surface area contributed by atoms with Crippen molar-refractivity contribution in [2.45, 2.75) is 32.2 Å². The van der Waals surface area contributed by atoms with Crippen LogP contribution >= 0.6 is 15.9 Å². The molecule has 0 aliphatic heterocycles. The molecule has 0 radical (unpaired) electrons. The molecule has 3 rings (SSSR count). The number of esters is 1. The number of aromatic nitrogens is 1. The number of rotatable bonds is 3. The van der Waals surface area contributed by atoms with E-state index in [1.54, 1.807) is 6.92 Å². The van der Waals surface area contributed by atoms with Crippen LogP contribution < -0.4 is 5.43 Å². The first-order chi connectivity index (χ1) is 10.4. The minimum atomic E-state index is -0.646. The molecule has 0 unspecified atom stereocenters. The second-order valence-corrected chi connectivity index (χ2v) is 6.60. The number of hydrogen-bond donors (Lipinski definition) is 0. The highest BCUT2D eigenvalue weighted by Gasteiger charge is 2.40. The van der Waals surface area contributed by atoms with Crippen molar-refractivity contribution in [1.29, 1.82) is 0 Å². The number of carbonyl (C=O) groups excluding carboxylic acids is 1. The summed E-state index contributed by atoms with van der Waals surface area (Å²) in [5, 5.41) is 0.312. The van der Waals surface area contributed by atoms with E-state index in [2.05, 4.69) is 15.9 Å². The summed E-state index contributed by atoms with van der Waals surface area (Å²) in [5.41, 5.74) is -0.137. The zero-order chi connectivity index (χ0) is 16.1. The van der Waals surface area contributed by atoms with Crippen LogP contribution in [0.4, 0.5) is 4.39 Å². The zero-order valence-corrected chi connectivity index (χ0v) is 13.9. The molecule has 0 spiro atoms. The second-order valence-electron chi connectivity index (χ2n) is 5.74. The molecular formula is C16H15BrFNO3. The van der Waals surface area contributed by atoms with Crippen molar-refractivity contribution < 1.29 is 13.9 Å². The van der Waals surface area contributed by atoms with Gasteiger partial charge in [-0.2, -0.15) is 0 Å². The van der Waals surface area contributed by atoms with Crippen molar-refractivity contribution in [3.05, 3.63) is 44.4 Å². The van der Waals surface area contributed by atoms with E-state index in [9.17, 15) is 14.0 Å². The quantitative estimate of drug-likeness (QED) is 0.778. The maximum atomic E-state index is 13.9. The topological polar surface area (TPSA) is 48.3 Å². The molecule has 1 heterocycles. The Hall–Kier alpha value is -1.69. The highest BCUT2D eigenvalue weighted by Crippen LogP contribution is 2.44. The second kappa shape index (κ2) is 5.19. The Labute approximate surface area is 135 Å². The standard InChI is InChI=1S/C16H15BrFNO3/c1-3-22-15(21)10-8-19(16(2)4-5-16)13-7-12(18)11(17)6-9(13)14(10)20/h6-8H,3-5H2,1-2H3. The molecular weight excluding hydrogens is 353 g/mol. The molecule has 4 nitrogen and oxygen atoms in total. The third-order valence-electron chi connectivity index (χ3n) is 4.10. The van der Waals surface area contributed by atoms with Gasteiger partial charge in [-0.15, -0.1) is 0 Å². The van der Waals surface area contributed by atoms with Gasteiger partial charge in [0.2, 0.25) is 5.43 Å². The Morgan fingerprint density at radius 1 is 1.45 bits per heavy atom. The van der Waals surface area contributed by atoms with Crippen LogP contribution in [0.15, 0.2) is 27.6 Å². The summed E-state index contributed by atoms with van der Waals surface area (Å²) in [4.78, 5) is 24.6. The largest absolute Gasteiger partial charge is 0.462 e. The number of fused-ring (bicyclic) bond motifs is 1. The van der Waals surface area contributed by atoms with Gasteiger partial charge in [-0.05, 0) is 54.8 Å². The number of hydrogen-bond acceptors (Lipinski definition) is 3. The molecule has 1 aromatic carbocycles. The van der Waals surface area contributed by atoms with Crippen LogP contribution in [0.3, 0.4) is 0 Å². The fourth-order valence-electron chi connectivity index (χ4n) is 2.54. The third kappa shape index (κ3) is 2.35. The minimum absolute atomic E-state index is 0.0130. The van der Waals surface area contributed by atoms with Gasteiger partial charge >= 0.3 is 5.97 Å².